The lowest BCUT2D eigenvalue weighted by Crippen LogP contribution is -2.11. The average molecular weight is 424 g/mol. The molecule has 0 bridgehead atoms. The van der Waals surface area contributed by atoms with Crippen LogP contribution in [0.5, 0.6) is 0 Å². The molecule has 0 radical (unpaired) electrons. The molecule has 0 saturated carbocycles. The Labute approximate surface area is 162 Å². The third-order valence-electron chi connectivity index (χ3n) is 3.73. The van der Waals surface area contributed by atoms with Crippen molar-refractivity contribution in [1.29, 1.82) is 0 Å². The Hall–Kier alpha value is -2.30. The van der Waals surface area contributed by atoms with E-state index in [9.17, 15) is 16.8 Å². The highest BCUT2D eigenvalue weighted by Crippen LogP contribution is 2.26. The Morgan fingerprint density at radius 1 is 1.00 bits per heavy atom. The minimum Gasteiger partial charge on any atom is -0.279 e. The maximum atomic E-state index is 12.5. The van der Waals surface area contributed by atoms with E-state index in [1.54, 1.807) is 42.5 Å². The lowest BCUT2D eigenvalue weighted by atomic mass is 10.1. The summed E-state index contributed by atoms with van der Waals surface area (Å²) in [5.41, 5.74) is 1.44. The number of thiophene rings is 1. The minimum atomic E-state index is -3.67. The minimum absolute atomic E-state index is 0.0551. The van der Waals surface area contributed by atoms with Gasteiger partial charge >= 0.3 is 0 Å². The topological polar surface area (TPSA) is 106 Å². The van der Waals surface area contributed by atoms with Crippen molar-refractivity contribution in [2.24, 2.45) is 0 Å². The Balaban J connectivity index is 1.88. The summed E-state index contributed by atoms with van der Waals surface area (Å²) in [5.74, 6) is -0.0551. The van der Waals surface area contributed by atoms with Crippen LogP contribution in [-0.4, -0.2) is 32.8 Å². The fourth-order valence-corrected chi connectivity index (χ4v) is 5.36. The summed E-state index contributed by atoms with van der Waals surface area (Å²) in [6.45, 7) is 3.38. The predicted molar refractivity (Wildman–Crippen MR) is 105 cm³/mol. The maximum Gasteiger partial charge on any atom is 0.271 e. The van der Waals surface area contributed by atoms with E-state index in [0.717, 1.165) is 4.88 Å². The van der Waals surface area contributed by atoms with Crippen molar-refractivity contribution in [3.05, 3.63) is 53.4 Å². The van der Waals surface area contributed by atoms with Crippen molar-refractivity contribution in [2.75, 3.05) is 10.5 Å². The standard InChI is InChI=1S/C17H17N3O4S3/c1-3-26(21,22)16-9-8-15(18-19-16)13-5-4-6-14(11-13)20-27(23,24)17-10-7-12(2)25-17/h4-11,20H,3H2,1-2H3. The van der Waals surface area contributed by atoms with Crippen LogP contribution < -0.4 is 4.72 Å². The van der Waals surface area contributed by atoms with Gasteiger partial charge in [-0.25, -0.2) is 16.8 Å². The molecule has 0 atom stereocenters. The molecule has 27 heavy (non-hydrogen) atoms. The Bertz CT molecular complexity index is 1170. The number of benzene rings is 1. The second-order valence-corrected chi connectivity index (χ2v) is 11.1. The zero-order valence-electron chi connectivity index (χ0n) is 14.6. The number of nitrogens with one attached hydrogen (secondary N) is 1. The number of hydrogen-bond acceptors (Lipinski definition) is 7. The van der Waals surface area contributed by atoms with Gasteiger partial charge in [-0.15, -0.1) is 21.5 Å². The number of nitrogens with zero attached hydrogens (tertiary/aromatic N) is 2. The van der Waals surface area contributed by atoms with Gasteiger partial charge in [0.1, 0.15) is 4.21 Å². The van der Waals surface area contributed by atoms with Crippen molar-refractivity contribution in [3.8, 4) is 11.3 Å². The largest absolute Gasteiger partial charge is 0.279 e. The van der Waals surface area contributed by atoms with Crippen LogP contribution >= 0.6 is 11.3 Å². The van der Waals surface area contributed by atoms with Gasteiger partial charge in [-0.1, -0.05) is 19.1 Å². The lowest BCUT2D eigenvalue weighted by Gasteiger charge is -2.08. The smallest absolute Gasteiger partial charge is 0.271 e. The summed E-state index contributed by atoms with van der Waals surface area (Å²) < 4.78 is 51.3. The highest BCUT2D eigenvalue weighted by Gasteiger charge is 2.17. The molecule has 0 aliphatic carbocycles. The molecule has 0 unspecified atom stereocenters. The molecule has 0 saturated heterocycles. The molecule has 3 aromatic rings. The second kappa shape index (κ2) is 7.37. The summed E-state index contributed by atoms with van der Waals surface area (Å²) >= 11 is 1.19. The number of anilines is 1. The van der Waals surface area contributed by atoms with Crippen LogP contribution in [0.15, 0.2) is 57.8 Å². The molecular formula is C17H17N3O4S3. The molecular weight excluding hydrogens is 406 g/mol. The van der Waals surface area contributed by atoms with Crippen molar-refractivity contribution < 1.29 is 16.8 Å². The van der Waals surface area contributed by atoms with Gasteiger partial charge in [-0.05, 0) is 43.3 Å². The SMILES string of the molecule is CCS(=O)(=O)c1ccc(-c2cccc(NS(=O)(=O)c3ccc(C)s3)c2)nn1. The highest BCUT2D eigenvalue weighted by molar-refractivity contribution is 7.94. The Kier molecular flexibility index (Phi) is 5.31. The van der Waals surface area contributed by atoms with E-state index in [2.05, 4.69) is 14.9 Å². The molecule has 1 N–H and O–H groups in total. The van der Waals surface area contributed by atoms with Crippen LogP contribution in [0.25, 0.3) is 11.3 Å². The van der Waals surface area contributed by atoms with E-state index in [-0.39, 0.29) is 15.0 Å². The maximum absolute atomic E-state index is 12.5. The molecule has 0 fully saturated rings. The van der Waals surface area contributed by atoms with E-state index >= 15 is 0 Å². The van der Waals surface area contributed by atoms with Gasteiger partial charge in [-0.3, -0.25) is 4.72 Å². The van der Waals surface area contributed by atoms with E-state index in [4.69, 9.17) is 0 Å². The van der Waals surface area contributed by atoms with Gasteiger partial charge in [-0.2, -0.15) is 0 Å². The fourth-order valence-electron chi connectivity index (χ4n) is 2.29. The van der Waals surface area contributed by atoms with Crippen molar-refractivity contribution in [1.82, 2.24) is 10.2 Å². The van der Waals surface area contributed by atoms with Gasteiger partial charge in [0.25, 0.3) is 10.0 Å². The van der Waals surface area contributed by atoms with Crippen molar-refractivity contribution >= 4 is 36.9 Å². The monoisotopic (exact) mass is 423 g/mol. The molecule has 0 aliphatic heterocycles. The Morgan fingerprint density at radius 2 is 1.78 bits per heavy atom. The van der Waals surface area contributed by atoms with E-state index in [0.29, 0.717) is 16.9 Å². The van der Waals surface area contributed by atoms with Gasteiger partial charge in [0.15, 0.2) is 14.9 Å². The van der Waals surface area contributed by atoms with E-state index in [1.165, 1.54) is 24.3 Å². The van der Waals surface area contributed by atoms with Crippen LogP contribution in [0.2, 0.25) is 0 Å². The first-order valence-corrected chi connectivity index (χ1v) is 11.9. The van der Waals surface area contributed by atoms with Gasteiger partial charge in [0.05, 0.1) is 11.4 Å². The second-order valence-electron chi connectivity index (χ2n) is 5.71. The molecule has 142 valence electrons. The summed E-state index contributed by atoms with van der Waals surface area (Å²) in [6, 6.07) is 12.9. The molecule has 10 heteroatoms. The van der Waals surface area contributed by atoms with Gasteiger partial charge in [0, 0.05) is 16.1 Å². The molecule has 0 aliphatic rings. The predicted octanol–water partition coefficient (Wildman–Crippen LogP) is 3.11. The normalized spacial score (nSPS) is 12.1. The lowest BCUT2D eigenvalue weighted by molar-refractivity contribution is 0.591. The summed E-state index contributed by atoms with van der Waals surface area (Å²) in [4.78, 5) is 0.904. The number of sulfonamides is 1. The number of aryl methyl sites for hydroxylation is 1. The number of rotatable bonds is 6. The third-order valence-corrected chi connectivity index (χ3v) is 8.22. The zero-order valence-corrected chi connectivity index (χ0v) is 17.0. The first kappa shape index (κ1) is 19.5. The van der Waals surface area contributed by atoms with Crippen LogP contribution in [0, 0.1) is 6.92 Å². The summed E-state index contributed by atoms with van der Waals surface area (Å²) in [7, 11) is -7.09. The van der Waals surface area contributed by atoms with Crippen LogP contribution in [-0.2, 0) is 19.9 Å². The first-order chi connectivity index (χ1) is 12.7. The van der Waals surface area contributed by atoms with Gasteiger partial charge in [0.2, 0.25) is 0 Å². The van der Waals surface area contributed by atoms with Crippen LogP contribution in [0.4, 0.5) is 5.69 Å². The molecule has 7 nitrogen and oxygen atoms in total. The van der Waals surface area contributed by atoms with Gasteiger partial charge < -0.3 is 0 Å². The van der Waals surface area contributed by atoms with Crippen molar-refractivity contribution in [3.63, 3.8) is 0 Å². The van der Waals surface area contributed by atoms with Crippen LogP contribution in [0.1, 0.15) is 11.8 Å². The summed E-state index contributed by atoms with van der Waals surface area (Å²) in [5, 5.41) is 7.65. The molecule has 0 spiro atoms. The number of hydrogen-bond donors (Lipinski definition) is 1. The van der Waals surface area contributed by atoms with Crippen molar-refractivity contribution in [2.45, 2.75) is 23.1 Å². The third kappa shape index (κ3) is 4.34. The van der Waals surface area contributed by atoms with E-state index in [1.807, 2.05) is 6.92 Å². The zero-order chi connectivity index (χ0) is 19.7. The molecule has 1 aromatic carbocycles. The summed E-state index contributed by atoms with van der Waals surface area (Å²) in [6.07, 6.45) is 0. The number of aromatic nitrogens is 2. The first-order valence-electron chi connectivity index (χ1n) is 7.97. The highest BCUT2D eigenvalue weighted by atomic mass is 32.2. The van der Waals surface area contributed by atoms with Crippen LogP contribution in [0.3, 0.4) is 0 Å². The Morgan fingerprint density at radius 3 is 2.37 bits per heavy atom. The molecule has 2 aromatic heterocycles. The quantitative estimate of drug-likeness (QED) is 0.653. The fraction of sp³-hybridized carbons (Fsp3) is 0.176. The molecule has 0 amide bonds. The molecule has 2 heterocycles. The van der Waals surface area contributed by atoms with E-state index < -0.39 is 19.9 Å². The number of sulfone groups is 1. The average Bonchev–Trinajstić information content (AvgIpc) is 3.09. The molecule has 3 rings (SSSR count).